The average Bonchev–Trinajstić information content (AvgIpc) is 2.11. The van der Waals surface area contributed by atoms with Crippen LogP contribution in [0.1, 0.15) is 19.4 Å². The van der Waals surface area contributed by atoms with Crippen LogP contribution in [0.4, 0.5) is 4.39 Å². The number of rotatable bonds is 2. The third-order valence-corrected chi connectivity index (χ3v) is 2.85. The fraction of sp³-hybridized carbons (Fsp3) is 0.400. The van der Waals surface area contributed by atoms with Gasteiger partial charge in [0.25, 0.3) is 0 Å². The van der Waals surface area contributed by atoms with Crippen LogP contribution in [0.3, 0.4) is 0 Å². The second-order valence-corrected chi connectivity index (χ2v) is 4.65. The molecular formula is C10H12Cl2FN. The van der Waals surface area contributed by atoms with Gasteiger partial charge in [0.1, 0.15) is 5.82 Å². The Balaban J connectivity index is 3.29. The van der Waals surface area contributed by atoms with E-state index in [1.54, 1.807) is 0 Å². The van der Waals surface area contributed by atoms with Gasteiger partial charge in [-0.25, -0.2) is 4.39 Å². The standard InChI is InChI=1S/C10H12Cl2FN/c1-10(2,5-14)6-3-9(13)8(12)4-7(6)11/h3-4H,5,14H2,1-2H3. The van der Waals surface area contributed by atoms with Gasteiger partial charge in [0, 0.05) is 17.0 Å². The molecule has 0 saturated carbocycles. The zero-order valence-electron chi connectivity index (χ0n) is 8.07. The summed E-state index contributed by atoms with van der Waals surface area (Å²) in [5.41, 5.74) is 5.92. The summed E-state index contributed by atoms with van der Waals surface area (Å²) < 4.78 is 13.2. The highest BCUT2D eigenvalue weighted by molar-refractivity contribution is 6.35. The van der Waals surface area contributed by atoms with Gasteiger partial charge in [0.05, 0.1) is 5.02 Å². The van der Waals surface area contributed by atoms with Crippen LogP contribution in [0.15, 0.2) is 12.1 Å². The van der Waals surface area contributed by atoms with E-state index < -0.39 is 5.82 Å². The summed E-state index contributed by atoms with van der Waals surface area (Å²) in [6.45, 7) is 4.21. The molecule has 0 spiro atoms. The maximum Gasteiger partial charge on any atom is 0.142 e. The van der Waals surface area contributed by atoms with E-state index in [0.717, 1.165) is 0 Å². The molecule has 0 aliphatic rings. The lowest BCUT2D eigenvalue weighted by Gasteiger charge is -2.24. The Hall–Kier alpha value is -0.310. The largest absolute Gasteiger partial charge is 0.330 e. The molecule has 1 aromatic rings. The van der Waals surface area contributed by atoms with E-state index in [2.05, 4.69) is 0 Å². The Bertz CT molecular complexity index is 350. The predicted molar refractivity (Wildman–Crippen MR) is 58.5 cm³/mol. The molecule has 0 amide bonds. The van der Waals surface area contributed by atoms with Crippen molar-refractivity contribution in [3.63, 3.8) is 0 Å². The van der Waals surface area contributed by atoms with Gasteiger partial charge < -0.3 is 5.73 Å². The highest BCUT2D eigenvalue weighted by Gasteiger charge is 2.23. The number of nitrogens with two attached hydrogens (primary N) is 1. The lowest BCUT2D eigenvalue weighted by molar-refractivity contribution is 0.531. The van der Waals surface area contributed by atoms with Crippen molar-refractivity contribution in [1.82, 2.24) is 0 Å². The lowest BCUT2D eigenvalue weighted by atomic mass is 9.85. The Morgan fingerprint density at radius 3 is 2.36 bits per heavy atom. The Labute approximate surface area is 93.0 Å². The molecule has 0 fully saturated rings. The first kappa shape index (κ1) is 11.8. The summed E-state index contributed by atoms with van der Waals surface area (Å²) in [7, 11) is 0. The van der Waals surface area contributed by atoms with Crippen molar-refractivity contribution in [1.29, 1.82) is 0 Å². The van der Waals surface area contributed by atoms with Crippen molar-refractivity contribution in [3.8, 4) is 0 Å². The molecule has 0 saturated heterocycles. The van der Waals surface area contributed by atoms with Crippen molar-refractivity contribution >= 4 is 23.2 Å². The van der Waals surface area contributed by atoms with Gasteiger partial charge in [-0.3, -0.25) is 0 Å². The third kappa shape index (κ3) is 2.19. The van der Waals surface area contributed by atoms with Gasteiger partial charge in [-0.05, 0) is 17.7 Å². The van der Waals surface area contributed by atoms with Gasteiger partial charge in [-0.2, -0.15) is 0 Å². The summed E-state index contributed by atoms with van der Waals surface area (Å²) in [6, 6.07) is 2.75. The second kappa shape index (κ2) is 4.05. The highest BCUT2D eigenvalue weighted by Crippen LogP contribution is 2.32. The van der Waals surface area contributed by atoms with E-state index in [1.165, 1.54) is 12.1 Å². The molecule has 4 heteroatoms. The number of hydrogen-bond donors (Lipinski definition) is 1. The van der Waals surface area contributed by atoms with Crippen molar-refractivity contribution in [2.75, 3.05) is 6.54 Å². The summed E-state index contributed by atoms with van der Waals surface area (Å²) >= 11 is 11.5. The van der Waals surface area contributed by atoms with Crippen molar-refractivity contribution in [3.05, 3.63) is 33.6 Å². The molecule has 0 aliphatic heterocycles. The summed E-state index contributed by atoms with van der Waals surface area (Å²) in [5, 5.41) is 0.485. The van der Waals surface area contributed by atoms with Crippen molar-refractivity contribution in [2.45, 2.75) is 19.3 Å². The van der Waals surface area contributed by atoms with E-state index >= 15 is 0 Å². The van der Waals surface area contributed by atoms with E-state index in [1.807, 2.05) is 13.8 Å². The molecular weight excluding hydrogens is 224 g/mol. The minimum absolute atomic E-state index is 0.0339. The number of halogens is 3. The zero-order valence-corrected chi connectivity index (χ0v) is 9.58. The van der Waals surface area contributed by atoms with E-state index in [0.29, 0.717) is 17.1 Å². The fourth-order valence-corrected chi connectivity index (χ4v) is 1.79. The van der Waals surface area contributed by atoms with Gasteiger partial charge in [-0.15, -0.1) is 0 Å². The minimum Gasteiger partial charge on any atom is -0.330 e. The quantitative estimate of drug-likeness (QED) is 0.782. The molecule has 1 aromatic carbocycles. The summed E-state index contributed by atoms with van der Waals surface area (Å²) in [5.74, 6) is -0.465. The normalized spacial score (nSPS) is 11.9. The van der Waals surface area contributed by atoms with Crippen LogP contribution >= 0.6 is 23.2 Å². The third-order valence-electron chi connectivity index (χ3n) is 2.25. The fourth-order valence-electron chi connectivity index (χ4n) is 1.15. The van der Waals surface area contributed by atoms with Crippen LogP contribution in [0.5, 0.6) is 0 Å². The number of hydrogen-bond acceptors (Lipinski definition) is 1. The predicted octanol–water partition coefficient (Wildman–Crippen LogP) is 3.37. The first-order valence-electron chi connectivity index (χ1n) is 4.23. The molecule has 78 valence electrons. The highest BCUT2D eigenvalue weighted by atomic mass is 35.5. The smallest absolute Gasteiger partial charge is 0.142 e. The summed E-state index contributed by atoms with van der Waals surface area (Å²) in [4.78, 5) is 0. The molecule has 1 nitrogen and oxygen atoms in total. The Morgan fingerprint density at radius 1 is 1.29 bits per heavy atom. The minimum atomic E-state index is -0.465. The molecule has 14 heavy (non-hydrogen) atoms. The molecule has 0 aromatic heterocycles. The van der Waals surface area contributed by atoms with E-state index in [-0.39, 0.29) is 10.4 Å². The Kier molecular flexibility index (Phi) is 3.40. The van der Waals surface area contributed by atoms with Crippen LogP contribution in [-0.4, -0.2) is 6.54 Å². The molecule has 0 unspecified atom stereocenters. The van der Waals surface area contributed by atoms with E-state index in [4.69, 9.17) is 28.9 Å². The second-order valence-electron chi connectivity index (χ2n) is 3.83. The van der Waals surface area contributed by atoms with Gasteiger partial charge >= 0.3 is 0 Å². The maximum absolute atomic E-state index is 13.2. The van der Waals surface area contributed by atoms with Crippen LogP contribution < -0.4 is 5.73 Å². The Morgan fingerprint density at radius 2 is 1.86 bits per heavy atom. The molecule has 0 atom stereocenters. The lowest BCUT2D eigenvalue weighted by Crippen LogP contribution is -2.28. The van der Waals surface area contributed by atoms with Crippen molar-refractivity contribution < 1.29 is 4.39 Å². The van der Waals surface area contributed by atoms with Gasteiger partial charge in [0.15, 0.2) is 0 Å². The number of benzene rings is 1. The monoisotopic (exact) mass is 235 g/mol. The molecule has 0 aliphatic carbocycles. The molecule has 1 rings (SSSR count). The molecule has 0 bridgehead atoms. The zero-order chi connectivity index (χ0) is 10.9. The van der Waals surface area contributed by atoms with Crippen LogP contribution in [0, 0.1) is 5.82 Å². The van der Waals surface area contributed by atoms with E-state index in [9.17, 15) is 4.39 Å². The topological polar surface area (TPSA) is 26.0 Å². The van der Waals surface area contributed by atoms with Crippen LogP contribution in [0.2, 0.25) is 10.0 Å². The maximum atomic E-state index is 13.2. The SMILES string of the molecule is CC(C)(CN)c1cc(F)c(Cl)cc1Cl. The first-order valence-corrected chi connectivity index (χ1v) is 4.99. The summed E-state index contributed by atoms with van der Waals surface area (Å²) in [6.07, 6.45) is 0. The molecule has 0 heterocycles. The molecule has 0 radical (unpaired) electrons. The average molecular weight is 236 g/mol. The molecule has 2 N–H and O–H groups in total. The van der Waals surface area contributed by atoms with Crippen molar-refractivity contribution in [2.24, 2.45) is 5.73 Å². The van der Waals surface area contributed by atoms with Gasteiger partial charge in [0.2, 0.25) is 0 Å². The first-order chi connectivity index (χ1) is 6.38. The van der Waals surface area contributed by atoms with Crippen LogP contribution in [-0.2, 0) is 5.41 Å². The van der Waals surface area contributed by atoms with Crippen LogP contribution in [0.25, 0.3) is 0 Å². The van der Waals surface area contributed by atoms with Gasteiger partial charge in [-0.1, -0.05) is 37.0 Å².